The number of nitrogens with one attached hydrogen (secondary N) is 1. The first-order valence-electron chi connectivity index (χ1n) is 11.4. The molecular formula is C26H34N2O3Si. The van der Waals surface area contributed by atoms with Gasteiger partial charge in [-0.1, -0.05) is 88.4 Å². The van der Waals surface area contributed by atoms with Crippen molar-refractivity contribution in [2.24, 2.45) is 0 Å². The number of nitrogens with zero attached hydrogens (tertiary/aromatic N) is 1. The van der Waals surface area contributed by atoms with E-state index in [-0.39, 0.29) is 22.4 Å². The van der Waals surface area contributed by atoms with E-state index in [1.807, 2.05) is 0 Å². The maximum atomic E-state index is 12.0. The molecule has 0 amide bonds. The van der Waals surface area contributed by atoms with E-state index in [9.17, 15) is 9.59 Å². The third-order valence-electron chi connectivity index (χ3n) is 6.04. The number of benzene rings is 2. The Bertz CT molecular complexity index is 1060. The highest BCUT2D eigenvalue weighted by Gasteiger charge is 2.51. The van der Waals surface area contributed by atoms with Crippen LogP contribution in [0.25, 0.3) is 0 Å². The lowest BCUT2D eigenvalue weighted by Gasteiger charge is -2.45. The third-order valence-corrected chi connectivity index (χ3v) is 11.1. The molecule has 6 heteroatoms. The van der Waals surface area contributed by atoms with Crippen LogP contribution < -0.4 is 21.6 Å². The van der Waals surface area contributed by atoms with Gasteiger partial charge in [-0.05, 0) is 34.7 Å². The molecule has 2 aromatic carbocycles. The highest BCUT2D eigenvalue weighted by Crippen LogP contribution is 2.38. The maximum Gasteiger partial charge on any atom is 0.328 e. The minimum Gasteiger partial charge on any atom is -0.404 e. The molecule has 1 aromatic heterocycles. The third kappa shape index (κ3) is 5.19. The first-order valence-corrected chi connectivity index (χ1v) is 13.3. The highest BCUT2D eigenvalue weighted by molar-refractivity contribution is 6.99. The van der Waals surface area contributed by atoms with E-state index in [2.05, 4.69) is 93.3 Å². The van der Waals surface area contributed by atoms with Crippen molar-refractivity contribution in [2.45, 2.75) is 64.6 Å². The van der Waals surface area contributed by atoms with E-state index in [0.29, 0.717) is 6.54 Å². The summed E-state index contributed by atoms with van der Waals surface area (Å²) in [6.45, 7) is 9.56. The summed E-state index contributed by atoms with van der Waals surface area (Å²) < 4.78 is 8.76. The molecule has 32 heavy (non-hydrogen) atoms. The average molecular weight is 451 g/mol. The van der Waals surface area contributed by atoms with Crippen LogP contribution in [-0.2, 0) is 11.0 Å². The first kappa shape index (κ1) is 23.9. The SMILES string of the molecule is CCC(CCCn1ccc(=O)[nH]c1=O)O[Si](c1ccccc1)(c1ccccc1)C(C)(C)C. The van der Waals surface area contributed by atoms with Gasteiger partial charge in [0.25, 0.3) is 13.9 Å². The van der Waals surface area contributed by atoms with Crippen molar-refractivity contribution in [3.63, 3.8) is 0 Å². The van der Waals surface area contributed by atoms with Gasteiger partial charge >= 0.3 is 5.69 Å². The zero-order valence-corrected chi connectivity index (χ0v) is 20.5. The van der Waals surface area contributed by atoms with Crippen LogP contribution in [0.1, 0.15) is 47.0 Å². The molecule has 0 saturated carbocycles. The quantitative estimate of drug-likeness (QED) is 0.506. The predicted octanol–water partition coefficient (Wildman–Crippen LogP) is 3.67. The van der Waals surface area contributed by atoms with Crippen LogP contribution in [0.5, 0.6) is 0 Å². The Kier molecular flexibility index (Phi) is 7.69. The van der Waals surface area contributed by atoms with Crippen LogP contribution in [0.2, 0.25) is 5.04 Å². The van der Waals surface area contributed by atoms with Gasteiger partial charge in [0.1, 0.15) is 0 Å². The number of hydrogen-bond acceptors (Lipinski definition) is 3. The average Bonchev–Trinajstić information content (AvgIpc) is 2.78. The molecule has 1 unspecified atom stereocenters. The van der Waals surface area contributed by atoms with Crippen molar-refractivity contribution >= 4 is 18.7 Å². The van der Waals surface area contributed by atoms with Gasteiger partial charge in [0.05, 0.1) is 0 Å². The number of H-pyrrole nitrogens is 1. The summed E-state index contributed by atoms with van der Waals surface area (Å²) in [5.41, 5.74) is -0.730. The molecule has 0 aliphatic rings. The summed E-state index contributed by atoms with van der Waals surface area (Å²) in [6.07, 6.45) is 4.16. The summed E-state index contributed by atoms with van der Waals surface area (Å²) in [5, 5.41) is 2.47. The van der Waals surface area contributed by atoms with Gasteiger partial charge < -0.3 is 8.99 Å². The molecule has 3 aromatic rings. The Morgan fingerprint density at radius 2 is 1.50 bits per heavy atom. The molecule has 170 valence electrons. The monoisotopic (exact) mass is 450 g/mol. The second kappa shape index (κ2) is 10.3. The van der Waals surface area contributed by atoms with Gasteiger partial charge in [-0.2, -0.15) is 0 Å². The summed E-state index contributed by atoms with van der Waals surface area (Å²) in [6, 6.07) is 22.7. The van der Waals surface area contributed by atoms with E-state index in [1.54, 1.807) is 10.8 Å². The molecule has 0 saturated heterocycles. The lowest BCUT2D eigenvalue weighted by Crippen LogP contribution is -2.67. The number of rotatable bonds is 9. The van der Waals surface area contributed by atoms with Gasteiger partial charge in [0.2, 0.25) is 0 Å². The molecule has 0 radical (unpaired) electrons. The molecule has 1 atom stereocenters. The summed E-state index contributed by atoms with van der Waals surface area (Å²) in [7, 11) is -2.60. The zero-order valence-electron chi connectivity index (χ0n) is 19.5. The fourth-order valence-corrected chi connectivity index (χ4v) is 9.20. The number of aryl methyl sites for hydroxylation is 1. The second-order valence-corrected chi connectivity index (χ2v) is 13.5. The standard InChI is InChI=1S/C26H34N2O3Si/c1-5-21(13-12-19-28-20-18-24(29)27-25(28)30)31-32(26(2,3)4,22-14-8-6-9-15-22)23-16-10-7-11-17-23/h6-11,14-18,20-21H,5,12-13,19H2,1-4H3,(H,27,29,30). The minimum atomic E-state index is -2.60. The molecule has 0 bridgehead atoms. The molecule has 1 N–H and O–H groups in total. The molecule has 0 spiro atoms. The molecule has 0 fully saturated rings. The number of aromatic nitrogens is 2. The Morgan fingerprint density at radius 1 is 0.938 bits per heavy atom. The lowest BCUT2D eigenvalue weighted by atomic mass is 10.1. The van der Waals surface area contributed by atoms with Crippen molar-refractivity contribution in [1.82, 2.24) is 9.55 Å². The van der Waals surface area contributed by atoms with Crippen LogP contribution in [0.3, 0.4) is 0 Å². The summed E-state index contributed by atoms with van der Waals surface area (Å²) in [4.78, 5) is 25.6. The van der Waals surface area contributed by atoms with Crippen LogP contribution in [0, 0.1) is 0 Å². The number of aromatic amines is 1. The predicted molar refractivity (Wildman–Crippen MR) is 133 cm³/mol. The van der Waals surface area contributed by atoms with Crippen LogP contribution in [-0.4, -0.2) is 24.0 Å². The molecule has 0 aliphatic carbocycles. The molecule has 0 aliphatic heterocycles. The van der Waals surface area contributed by atoms with Gasteiger partial charge in [0, 0.05) is 24.9 Å². The highest BCUT2D eigenvalue weighted by atomic mass is 28.4. The van der Waals surface area contributed by atoms with E-state index in [4.69, 9.17) is 4.43 Å². The first-order chi connectivity index (χ1) is 15.3. The Morgan fingerprint density at radius 3 is 1.97 bits per heavy atom. The molecule has 3 rings (SSSR count). The van der Waals surface area contributed by atoms with Gasteiger partial charge in [-0.25, -0.2) is 4.79 Å². The minimum absolute atomic E-state index is 0.0692. The van der Waals surface area contributed by atoms with Crippen molar-refractivity contribution in [2.75, 3.05) is 0 Å². The van der Waals surface area contributed by atoms with Gasteiger partial charge in [-0.3, -0.25) is 9.78 Å². The topological polar surface area (TPSA) is 64.1 Å². The van der Waals surface area contributed by atoms with Crippen LogP contribution >= 0.6 is 0 Å². The molecule has 5 nitrogen and oxygen atoms in total. The fourth-order valence-electron chi connectivity index (χ4n) is 4.40. The van der Waals surface area contributed by atoms with Crippen molar-refractivity contribution in [3.8, 4) is 0 Å². The summed E-state index contributed by atoms with van der Waals surface area (Å²) >= 11 is 0. The Hall–Kier alpha value is -2.70. The Balaban J connectivity index is 1.90. The number of hydrogen-bond donors (Lipinski definition) is 1. The zero-order chi connectivity index (χ0) is 23.2. The maximum absolute atomic E-state index is 12.0. The van der Waals surface area contributed by atoms with E-state index < -0.39 is 8.32 Å². The van der Waals surface area contributed by atoms with Crippen LogP contribution in [0.4, 0.5) is 0 Å². The van der Waals surface area contributed by atoms with Crippen LogP contribution in [0.15, 0.2) is 82.5 Å². The largest absolute Gasteiger partial charge is 0.404 e. The smallest absolute Gasteiger partial charge is 0.328 e. The van der Waals surface area contributed by atoms with Gasteiger partial charge in [-0.15, -0.1) is 0 Å². The molecule has 1 heterocycles. The van der Waals surface area contributed by atoms with E-state index in [0.717, 1.165) is 19.3 Å². The second-order valence-electron chi connectivity index (χ2n) is 9.26. The van der Waals surface area contributed by atoms with Crippen molar-refractivity contribution in [1.29, 1.82) is 0 Å². The van der Waals surface area contributed by atoms with Crippen molar-refractivity contribution < 1.29 is 4.43 Å². The van der Waals surface area contributed by atoms with E-state index in [1.165, 1.54) is 16.4 Å². The van der Waals surface area contributed by atoms with E-state index >= 15 is 0 Å². The molecular weight excluding hydrogens is 416 g/mol. The van der Waals surface area contributed by atoms with Gasteiger partial charge in [0.15, 0.2) is 0 Å². The normalized spacial score (nSPS) is 13.1. The van der Waals surface area contributed by atoms with Crippen molar-refractivity contribution in [3.05, 3.63) is 93.8 Å². The Labute approximate surface area is 191 Å². The fraction of sp³-hybridized carbons (Fsp3) is 0.385. The lowest BCUT2D eigenvalue weighted by molar-refractivity contribution is 0.168. The summed E-state index contributed by atoms with van der Waals surface area (Å²) in [5.74, 6) is 0.